The van der Waals surface area contributed by atoms with Crippen molar-refractivity contribution in [1.29, 1.82) is 5.26 Å². The molecular weight excluding hydrogens is 508 g/mol. The summed E-state index contributed by atoms with van der Waals surface area (Å²) in [6.45, 7) is 6.55. The van der Waals surface area contributed by atoms with Crippen LogP contribution in [-0.4, -0.2) is 115 Å². The van der Waals surface area contributed by atoms with Crippen LogP contribution < -0.4 is 10.5 Å². The van der Waals surface area contributed by atoms with Crippen LogP contribution >= 0.6 is 0 Å². The second-order valence-electron chi connectivity index (χ2n) is 10.8. The Morgan fingerprint density at radius 1 is 1.32 bits per heavy atom. The van der Waals surface area contributed by atoms with Crippen LogP contribution in [0.15, 0.2) is 41.8 Å². The van der Waals surface area contributed by atoms with E-state index in [1.54, 1.807) is 31.0 Å². The molecular formula is C29H40N8O3. The van der Waals surface area contributed by atoms with Gasteiger partial charge in [0.2, 0.25) is 5.91 Å². The van der Waals surface area contributed by atoms with Crippen LogP contribution in [-0.2, 0) is 9.53 Å². The monoisotopic (exact) mass is 548 g/mol. The van der Waals surface area contributed by atoms with Crippen LogP contribution in [0.4, 0.5) is 0 Å². The van der Waals surface area contributed by atoms with Crippen LogP contribution in [0.2, 0.25) is 0 Å². The zero-order chi connectivity index (χ0) is 28.9. The molecule has 0 aromatic carbocycles. The summed E-state index contributed by atoms with van der Waals surface area (Å²) in [7, 11) is 7.26. The van der Waals surface area contributed by atoms with E-state index in [9.17, 15) is 10.1 Å². The van der Waals surface area contributed by atoms with Gasteiger partial charge in [0.25, 0.3) is 0 Å². The largest absolute Gasteiger partial charge is 0.494 e. The number of hydrogen-bond donors (Lipinski definition) is 1. The first-order chi connectivity index (χ1) is 19.2. The fourth-order valence-corrected chi connectivity index (χ4v) is 5.42. The van der Waals surface area contributed by atoms with Gasteiger partial charge in [-0.3, -0.25) is 9.79 Å². The second-order valence-corrected chi connectivity index (χ2v) is 10.8. The molecule has 11 nitrogen and oxygen atoms in total. The minimum absolute atomic E-state index is 0.0386. The smallest absolute Gasteiger partial charge is 0.246 e. The van der Waals surface area contributed by atoms with Gasteiger partial charge in [-0.25, -0.2) is 4.52 Å². The molecule has 1 amide bonds. The molecule has 0 saturated carbocycles. The molecule has 4 rings (SSSR count). The molecule has 0 atom stereocenters. The van der Waals surface area contributed by atoms with E-state index in [4.69, 9.17) is 20.2 Å². The molecule has 40 heavy (non-hydrogen) atoms. The molecule has 2 N–H and O–H groups in total. The lowest BCUT2D eigenvalue weighted by Crippen LogP contribution is -2.68. The van der Waals surface area contributed by atoms with E-state index in [0.29, 0.717) is 29.9 Å². The average Bonchev–Trinajstić information content (AvgIpc) is 3.34. The Balaban J connectivity index is 1.35. The number of nitrogens with two attached hydrogens (primary N) is 1. The number of allylic oxidation sites excluding steroid dienone is 1. The number of amides is 1. The molecule has 11 heteroatoms. The van der Waals surface area contributed by atoms with Gasteiger partial charge in [0, 0.05) is 68.6 Å². The lowest BCUT2D eigenvalue weighted by molar-refractivity contribution is -0.162. The molecule has 2 fully saturated rings. The highest BCUT2D eigenvalue weighted by molar-refractivity contribution is 6.22. The molecule has 214 valence electrons. The first-order valence-corrected chi connectivity index (χ1v) is 13.5. The van der Waals surface area contributed by atoms with Gasteiger partial charge in [-0.05, 0) is 39.9 Å². The third-order valence-electron chi connectivity index (χ3n) is 7.66. The lowest BCUT2D eigenvalue weighted by Gasteiger charge is -2.51. The highest BCUT2D eigenvalue weighted by Gasteiger charge is 2.46. The van der Waals surface area contributed by atoms with Crippen molar-refractivity contribution >= 4 is 22.7 Å². The number of pyridine rings is 1. The number of nitrogens with zero attached hydrogens (tertiary/aromatic N) is 7. The maximum absolute atomic E-state index is 12.4. The fourth-order valence-electron chi connectivity index (χ4n) is 5.42. The number of aromatic nitrogens is 2. The summed E-state index contributed by atoms with van der Waals surface area (Å²) in [4.78, 5) is 23.7. The van der Waals surface area contributed by atoms with E-state index in [0.717, 1.165) is 55.9 Å². The van der Waals surface area contributed by atoms with Crippen molar-refractivity contribution in [1.82, 2.24) is 24.3 Å². The summed E-state index contributed by atoms with van der Waals surface area (Å²) in [6, 6.07) is 4.21. The summed E-state index contributed by atoms with van der Waals surface area (Å²) >= 11 is 0. The summed E-state index contributed by atoms with van der Waals surface area (Å²) in [5.74, 6) is 0.594. The Labute approximate surface area is 236 Å². The third kappa shape index (κ3) is 6.36. The number of piperidine rings is 1. The number of carbonyl (C=O) groups is 1. The Morgan fingerprint density at radius 3 is 2.65 bits per heavy atom. The van der Waals surface area contributed by atoms with Crippen LogP contribution in [0.25, 0.3) is 11.1 Å². The number of fused-ring (bicyclic) bond motifs is 1. The maximum atomic E-state index is 12.4. The first kappa shape index (κ1) is 29.3. The quantitative estimate of drug-likeness (QED) is 0.352. The van der Waals surface area contributed by atoms with E-state index < -0.39 is 0 Å². The number of aliphatic imine (C=N–C) groups is 1. The first-order valence-electron chi connectivity index (χ1n) is 13.5. The Kier molecular flexibility index (Phi) is 9.25. The molecule has 2 aliphatic heterocycles. The van der Waals surface area contributed by atoms with Gasteiger partial charge in [-0.15, -0.1) is 0 Å². The number of likely N-dealkylation sites (tertiary alicyclic amines) is 2. The van der Waals surface area contributed by atoms with Crippen LogP contribution in [0.1, 0.15) is 30.9 Å². The number of rotatable bonds is 10. The number of likely N-dealkylation sites (N-methyl/N-ethyl adjacent to an activating group) is 1. The molecule has 2 aromatic rings. The highest BCUT2D eigenvalue weighted by Crippen LogP contribution is 2.30. The van der Waals surface area contributed by atoms with Crippen molar-refractivity contribution < 1.29 is 14.3 Å². The highest BCUT2D eigenvalue weighted by atomic mass is 16.5. The fraction of sp³-hybridized carbons (Fsp3) is 0.517. The molecule has 0 bridgehead atoms. The van der Waals surface area contributed by atoms with Gasteiger partial charge >= 0.3 is 0 Å². The Morgan fingerprint density at radius 2 is 2.05 bits per heavy atom. The summed E-state index contributed by atoms with van der Waals surface area (Å²) in [6.07, 6.45) is 10.3. The number of ether oxygens (including phenoxy) is 2. The van der Waals surface area contributed by atoms with Gasteiger partial charge in [0.1, 0.15) is 28.5 Å². The number of nitriles is 1. The number of carbonyl (C=O) groups excluding carboxylic acids is 1. The van der Waals surface area contributed by atoms with Crippen LogP contribution in [0, 0.1) is 11.3 Å². The lowest BCUT2D eigenvalue weighted by atomic mass is 9.91. The third-order valence-corrected chi connectivity index (χ3v) is 7.66. The van der Waals surface area contributed by atoms with E-state index in [-0.39, 0.29) is 17.6 Å². The van der Waals surface area contributed by atoms with Gasteiger partial charge in [0.05, 0.1) is 32.4 Å². The van der Waals surface area contributed by atoms with Gasteiger partial charge in [-0.1, -0.05) is 6.08 Å². The molecule has 4 heterocycles. The SMILES string of the molecule is COc1cc(C(=CN)C(C)=NC2CCN(CC3(OC)CN(C(=O)/C=C/CN(C)C)C3)CC2)cn2ncc(C#N)c12. The predicted octanol–water partition coefficient (Wildman–Crippen LogP) is 1.78. The molecule has 2 aromatic heterocycles. The molecule has 0 unspecified atom stereocenters. The van der Waals surface area contributed by atoms with E-state index in [1.165, 1.54) is 6.20 Å². The molecule has 0 aliphatic carbocycles. The minimum Gasteiger partial charge on any atom is -0.494 e. The minimum atomic E-state index is -0.317. The molecule has 0 spiro atoms. The van der Waals surface area contributed by atoms with Crippen molar-refractivity contribution in [2.75, 3.05) is 67.6 Å². The molecule has 0 radical (unpaired) electrons. The Hall–Kier alpha value is -3.72. The van der Waals surface area contributed by atoms with Crippen LogP contribution in [0.3, 0.4) is 0 Å². The van der Waals surface area contributed by atoms with E-state index >= 15 is 0 Å². The van der Waals surface area contributed by atoms with Gasteiger partial charge in [0.15, 0.2) is 0 Å². The zero-order valence-corrected chi connectivity index (χ0v) is 24.1. The van der Waals surface area contributed by atoms with Crippen molar-refractivity contribution in [3.8, 4) is 11.8 Å². The second kappa shape index (κ2) is 12.6. The molecule has 2 aliphatic rings. The maximum Gasteiger partial charge on any atom is 0.246 e. The summed E-state index contributed by atoms with van der Waals surface area (Å²) in [5.41, 5.74) is 9.28. The van der Waals surface area contributed by atoms with Crippen molar-refractivity contribution in [3.63, 3.8) is 0 Å². The van der Waals surface area contributed by atoms with Crippen LogP contribution in [0.5, 0.6) is 5.75 Å². The predicted molar refractivity (Wildman–Crippen MR) is 155 cm³/mol. The van der Waals surface area contributed by atoms with E-state index in [2.05, 4.69) is 16.1 Å². The number of hydrogen-bond acceptors (Lipinski definition) is 9. The topological polar surface area (TPSA) is 125 Å². The van der Waals surface area contributed by atoms with E-state index in [1.807, 2.05) is 49.2 Å². The number of methoxy groups -OCH3 is 2. The summed E-state index contributed by atoms with van der Waals surface area (Å²) < 4.78 is 13.1. The van der Waals surface area contributed by atoms with Crippen molar-refractivity contribution in [2.45, 2.75) is 31.4 Å². The summed E-state index contributed by atoms with van der Waals surface area (Å²) in [5, 5.41) is 13.7. The van der Waals surface area contributed by atoms with Crippen molar-refractivity contribution in [3.05, 3.63) is 47.9 Å². The Bertz CT molecular complexity index is 1340. The zero-order valence-electron chi connectivity index (χ0n) is 24.1. The van der Waals surface area contributed by atoms with Crippen molar-refractivity contribution in [2.24, 2.45) is 10.7 Å². The average molecular weight is 549 g/mol. The standard InChI is InChI=1S/C29H40N8O3/c1-21(25(15-31)22-13-26(39-4)28-23(14-30)16-32-37(28)17-22)33-24-8-11-35(12-9-24)18-29(40-5)19-36(20-29)27(38)7-6-10-34(2)3/h6-7,13,15-17,24H,8-12,18-20,31H2,1-5H3/b7-6+,25-15?,33-21?. The molecule has 2 saturated heterocycles. The normalized spacial score (nSPS) is 18.9. The van der Waals surface area contributed by atoms with Gasteiger partial charge in [-0.2, -0.15) is 10.4 Å². The van der Waals surface area contributed by atoms with Gasteiger partial charge < -0.3 is 29.9 Å².